The number of hydrogen-bond acceptors (Lipinski definition) is 3. The van der Waals surface area contributed by atoms with Crippen LogP contribution in [0.5, 0.6) is 0 Å². The van der Waals surface area contributed by atoms with E-state index in [-0.39, 0.29) is 6.61 Å². The minimum Gasteiger partial charge on any atom is -0.391 e. The Kier molecular flexibility index (Phi) is 2.21. The molecule has 1 aromatic heterocycles. The number of aliphatic hydroxyl groups is 1. The normalized spacial score (nSPS) is 10.1. The van der Waals surface area contributed by atoms with Crippen molar-refractivity contribution < 1.29 is 5.11 Å². The smallest absolute Gasteiger partial charge is 0.0801 e. The van der Waals surface area contributed by atoms with Gasteiger partial charge in [0.25, 0.3) is 0 Å². The Balaban J connectivity index is 3.04. The summed E-state index contributed by atoms with van der Waals surface area (Å²) >= 11 is 4.63. The summed E-state index contributed by atoms with van der Waals surface area (Å²) in [5, 5.41) is 8.67. The molecule has 4 heteroatoms. The lowest BCUT2D eigenvalue weighted by Crippen LogP contribution is -1.76. The standard InChI is InChI=1S/C5H6BrNOS/c1-3-5(6)4(2-8)9-7-3/h8H,2H2,1H3. The largest absolute Gasteiger partial charge is 0.391 e. The number of nitrogens with zero attached hydrogens (tertiary/aromatic N) is 1. The molecule has 0 amide bonds. The van der Waals surface area contributed by atoms with Crippen LogP contribution in [0.3, 0.4) is 0 Å². The Morgan fingerprint density at radius 2 is 2.44 bits per heavy atom. The van der Waals surface area contributed by atoms with Crippen LogP contribution in [0.4, 0.5) is 0 Å². The van der Waals surface area contributed by atoms with Crippen LogP contribution < -0.4 is 0 Å². The number of halogens is 1. The van der Waals surface area contributed by atoms with Crippen molar-refractivity contribution in [2.75, 3.05) is 0 Å². The Morgan fingerprint density at radius 1 is 1.78 bits per heavy atom. The molecule has 0 aliphatic rings. The van der Waals surface area contributed by atoms with Gasteiger partial charge in [0.2, 0.25) is 0 Å². The van der Waals surface area contributed by atoms with Crippen LogP contribution >= 0.6 is 27.5 Å². The third-order valence-corrected chi connectivity index (χ3v) is 3.23. The van der Waals surface area contributed by atoms with E-state index in [9.17, 15) is 0 Å². The summed E-state index contributed by atoms with van der Waals surface area (Å²) in [5.41, 5.74) is 0.948. The predicted octanol–water partition coefficient (Wildman–Crippen LogP) is 1.71. The highest BCUT2D eigenvalue weighted by Gasteiger charge is 2.04. The van der Waals surface area contributed by atoms with E-state index in [4.69, 9.17) is 5.11 Å². The van der Waals surface area contributed by atoms with Crippen LogP contribution in [-0.2, 0) is 6.61 Å². The molecule has 2 nitrogen and oxygen atoms in total. The Hall–Kier alpha value is 0.0700. The molecule has 0 spiro atoms. The molecule has 0 aliphatic heterocycles. The van der Waals surface area contributed by atoms with Crippen LogP contribution in [0.25, 0.3) is 0 Å². The van der Waals surface area contributed by atoms with Gasteiger partial charge in [-0.05, 0) is 34.4 Å². The van der Waals surface area contributed by atoms with Gasteiger partial charge < -0.3 is 5.11 Å². The van der Waals surface area contributed by atoms with Gasteiger partial charge in [-0.15, -0.1) is 0 Å². The van der Waals surface area contributed by atoms with Crippen molar-refractivity contribution in [2.24, 2.45) is 0 Å². The maximum atomic E-state index is 8.67. The zero-order chi connectivity index (χ0) is 6.85. The van der Waals surface area contributed by atoms with Crippen molar-refractivity contribution in [3.63, 3.8) is 0 Å². The van der Waals surface area contributed by atoms with Crippen LogP contribution in [-0.4, -0.2) is 9.48 Å². The molecule has 50 valence electrons. The zero-order valence-corrected chi connectivity index (χ0v) is 7.29. The molecule has 0 fully saturated rings. The molecule has 0 bridgehead atoms. The average molecular weight is 208 g/mol. The molecule has 0 atom stereocenters. The van der Waals surface area contributed by atoms with Gasteiger partial charge in [0.1, 0.15) is 0 Å². The number of hydrogen-bond donors (Lipinski definition) is 1. The van der Waals surface area contributed by atoms with E-state index in [2.05, 4.69) is 20.3 Å². The van der Waals surface area contributed by atoms with E-state index in [0.29, 0.717) is 0 Å². The average Bonchev–Trinajstić information content (AvgIpc) is 2.15. The molecule has 0 aliphatic carbocycles. The highest BCUT2D eigenvalue weighted by Crippen LogP contribution is 2.23. The summed E-state index contributed by atoms with van der Waals surface area (Å²) in [6, 6.07) is 0. The van der Waals surface area contributed by atoms with E-state index in [1.165, 1.54) is 11.5 Å². The fourth-order valence-corrected chi connectivity index (χ4v) is 1.68. The van der Waals surface area contributed by atoms with E-state index in [0.717, 1.165) is 15.0 Å². The minimum atomic E-state index is 0.0755. The number of aryl methyl sites for hydroxylation is 1. The summed E-state index contributed by atoms with van der Waals surface area (Å²) < 4.78 is 4.96. The molecular weight excluding hydrogens is 202 g/mol. The van der Waals surface area contributed by atoms with E-state index < -0.39 is 0 Å². The van der Waals surface area contributed by atoms with Crippen LogP contribution in [0.1, 0.15) is 10.6 Å². The predicted molar refractivity (Wildman–Crippen MR) is 40.5 cm³/mol. The summed E-state index contributed by atoms with van der Waals surface area (Å²) in [6.45, 7) is 1.98. The first-order valence-corrected chi connectivity index (χ1v) is 4.04. The monoisotopic (exact) mass is 207 g/mol. The minimum absolute atomic E-state index is 0.0755. The van der Waals surface area contributed by atoms with Crippen molar-refractivity contribution in [3.8, 4) is 0 Å². The Labute approximate surface area is 65.8 Å². The summed E-state index contributed by atoms with van der Waals surface area (Å²) in [7, 11) is 0. The van der Waals surface area contributed by atoms with Gasteiger partial charge in [0.15, 0.2) is 0 Å². The second kappa shape index (κ2) is 2.77. The van der Waals surface area contributed by atoms with Gasteiger partial charge in [-0.1, -0.05) is 0 Å². The molecule has 0 aromatic carbocycles. The molecule has 0 radical (unpaired) electrons. The van der Waals surface area contributed by atoms with Crippen molar-refractivity contribution in [2.45, 2.75) is 13.5 Å². The van der Waals surface area contributed by atoms with Gasteiger partial charge in [0, 0.05) is 0 Å². The lowest BCUT2D eigenvalue weighted by molar-refractivity contribution is 0.285. The maximum Gasteiger partial charge on any atom is 0.0801 e. The molecule has 1 rings (SSSR count). The molecule has 0 unspecified atom stereocenters. The number of aromatic nitrogens is 1. The lowest BCUT2D eigenvalue weighted by Gasteiger charge is -1.86. The third-order valence-electron chi connectivity index (χ3n) is 0.999. The Morgan fingerprint density at radius 3 is 2.67 bits per heavy atom. The first-order valence-electron chi connectivity index (χ1n) is 2.47. The molecule has 0 saturated carbocycles. The highest BCUT2D eigenvalue weighted by atomic mass is 79.9. The number of aliphatic hydroxyl groups excluding tert-OH is 1. The van der Waals surface area contributed by atoms with Crippen LogP contribution in [0.15, 0.2) is 4.47 Å². The quantitative estimate of drug-likeness (QED) is 0.761. The highest BCUT2D eigenvalue weighted by molar-refractivity contribution is 9.10. The van der Waals surface area contributed by atoms with Gasteiger partial charge in [-0.25, -0.2) is 0 Å². The summed E-state index contributed by atoms with van der Waals surface area (Å²) in [4.78, 5) is 0.896. The molecule has 1 heterocycles. The molecule has 1 N–H and O–H groups in total. The van der Waals surface area contributed by atoms with Gasteiger partial charge >= 0.3 is 0 Å². The topological polar surface area (TPSA) is 33.1 Å². The second-order valence-electron chi connectivity index (χ2n) is 1.66. The maximum absolute atomic E-state index is 8.67. The van der Waals surface area contributed by atoms with E-state index >= 15 is 0 Å². The lowest BCUT2D eigenvalue weighted by atomic mass is 10.4. The second-order valence-corrected chi connectivity index (χ2v) is 3.31. The van der Waals surface area contributed by atoms with Crippen molar-refractivity contribution >= 4 is 27.5 Å². The summed E-state index contributed by atoms with van der Waals surface area (Å²) in [5.74, 6) is 0. The van der Waals surface area contributed by atoms with Gasteiger partial charge in [-0.2, -0.15) is 4.37 Å². The Bertz CT molecular complexity index is 211. The summed E-state index contributed by atoms with van der Waals surface area (Å²) in [6.07, 6.45) is 0. The fourth-order valence-electron chi connectivity index (χ4n) is 0.504. The fraction of sp³-hybridized carbons (Fsp3) is 0.400. The number of rotatable bonds is 1. The van der Waals surface area contributed by atoms with Crippen molar-refractivity contribution in [1.82, 2.24) is 4.37 Å². The zero-order valence-electron chi connectivity index (χ0n) is 4.89. The van der Waals surface area contributed by atoms with Gasteiger partial charge in [-0.3, -0.25) is 0 Å². The van der Waals surface area contributed by atoms with Crippen LogP contribution in [0.2, 0.25) is 0 Å². The SMILES string of the molecule is Cc1nsc(CO)c1Br. The molecule has 1 aromatic rings. The molecule has 0 saturated heterocycles. The van der Waals surface area contributed by atoms with Gasteiger partial charge in [0.05, 0.1) is 21.7 Å². The first kappa shape index (κ1) is 7.18. The van der Waals surface area contributed by atoms with Crippen LogP contribution in [0, 0.1) is 6.92 Å². The van der Waals surface area contributed by atoms with Crippen molar-refractivity contribution in [3.05, 3.63) is 15.0 Å². The third kappa shape index (κ3) is 1.31. The first-order chi connectivity index (χ1) is 4.25. The van der Waals surface area contributed by atoms with E-state index in [1.807, 2.05) is 6.92 Å². The van der Waals surface area contributed by atoms with E-state index in [1.54, 1.807) is 0 Å². The van der Waals surface area contributed by atoms with Crippen molar-refractivity contribution in [1.29, 1.82) is 0 Å². The molecular formula is C5H6BrNOS. The molecule has 9 heavy (non-hydrogen) atoms.